The molecule has 7 nitrogen and oxygen atoms in total. The summed E-state index contributed by atoms with van der Waals surface area (Å²) in [5.41, 5.74) is 0.397. The Morgan fingerprint density at radius 3 is 2.46 bits per heavy atom. The molecule has 1 aliphatic carbocycles. The lowest BCUT2D eigenvalue weighted by Gasteiger charge is -2.43. The van der Waals surface area contributed by atoms with Crippen molar-refractivity contribution in [2.45, 2.75) is 52.1 Å². The van der Waals surface area contributed by atoms with Gasteiger partial charge < -0.3 is 10.2 Å². The van der Waals surface area contributed by atoms with E-state index in [9.17, 15) is 14.4 Å². The van der Waals surface area contributed by atoms with Crippen LogP contribution in [0.15, 0.2) is 42.5 Å². The summed E-state index contributed by atoms with van der Waals surface area (Å²) >= 11 is 0. The number of fused-ring (bicyclic) bond motifs is 1. The van der Waals surface area contributed by atoms with Gasteiger partial charge >= 0.3 is 6.03 Å². The lowest BCUT2D eigenvalue weighted by atomic mass is 9.64. The third-order valence-corrected chi connectivity index (χ3v) is 7.92. The van der Waals surface area contributed by atoms with Crippen LogP contribution < -0.4 is 5.32 Å². The minimum atomic E-state index is -0.865. The maximum absolute atomic E-state index is 13.4. The lowest BCUT2D eigenvalue weighted by Crippen LogP contribution is -2.55. The minimum absolute atomic E-state index is 0.0268. The third-order valence-electron chi connectivity index (χ3n) is 7.92. The van der Waals surface area contributed by atoms with Crippen LogP contribution >= 0.6 is 0 Å². The van der Waals surface area contributed by atoms with Crippen molar-refractivity contribution in [2.24, 2.45) is 11.3 Å². The summed E-state index contributed by atoms with van der Waals surface area (Å²) in [6, 6.07) is 14.4. The highest BCUT2D eigenvalue weighted by Gasteiger charge is 2.56. The van der Waals surface area contributed by atoms with Crippen LogP contribution in [0.1, 0.15) is 45.6 Å². The first-order chi connectivity index (χ1) is 16.7. The molecule has 7 heteroatoms. The van der Waals surface area contributed by atoms with E-state index in [0.717, 1.165) is 31.0 Å². The standard InChI is InChI=1S/C28H36N4O3/c1-20-15-27(2,3)19-28(16-20)25(34)32(26(35)29-28)18-24(33)31-13-11-30(12-14-31)17-22-9-6-8-21-7-4-5-10-23(21)22/h4-10,20H,11-19H2,1-3H3,(H,29,35). The van der Waals surface area contributed by atoms with Gasteiger partial charge in [0.15, 0.2) is 0 Å². The fraction of sp³-hybridized carbons (Fsp3) is 0.536. The monoisotopic (exact) mass is 476 g/mol. The molecule has 1 N–H and O–H groups in total. The molecular weight excluding hydrogens is 440 g/mol. The summed E-state index contributed by atoms with van der Waals surface area (Å²) in [7, 11) is 0. The largest absolute Gasteiger partial charge is 0.339 e. The van der Waals surface area contributed by atoms with Crippen molar-refractivity contribution in [1.29, 1.82) is 0 Å². The molecule has 3 aliphatic rings. The summed E-state index contributed by atoms with van der Waals surface area (Å²) in [6.07, 6.45) is 2.28. The highest BCUT2D eigenvalue weighted by molar-refractivity contribution is 6.09. The number of imide groups is 1. The Bertz CT molecular complexity index is 1150. The van der Waals surface area contributed by atoms with E-state index in [1.165, 1.54) is 16.3 Å². The van der Waals surface area contributed by atoms with E-state index in [0.29, 0.717) is 31.8 Å². The Kier molecular flexibility index (Phi) is 6.08. The molecule has 0 radical (unpaired) electrons. The van der Waals surface area contributed by atoms with Crippen molar-refractivity contribution >= 4 is 28.6 Å². The van der Waals surface area contributed by atoms with Crippen LogP contribution in [0.4, 0.5) is 4.79 Å². The summed E-state index contributed by atoms with van der Waals surface area (Å²) in [5.74, 6) is -0.0444. The summed E-state index contributed by atoms with van der Waals surface area (Å²) in [6.45, 7) is 9.83. The van der Waals surface area contributed by atoms with Crippen molar-refractivity contribution in [3.05, 3.63) is 48.0 Å². The first-order valence-corrected chi connectivity index (χ1v) is 12.8. The molecule has 2 aromatic rings. The average Bonchev–Trinajstić information content (AvgIpc) is 3.01. The van der Waals surface area contributed by atoms with Gasteiger partial charge in [-0.2, -0.15) is 0 Å². The molecule has 1 spiro atoms. The number of hydrogen-bond acceptors (Lipinski definition) is 4. The van der Waals surface area contributed by atoms with E-state index in [1.807, 2.05) is 0 Å². The predicted molar refractivity (Wildman–Crippen MR) is 136 cm³/mol. The van der Waals surface area contributed by atoms with Gasteiger partial charge in [0.2, 0.25) is 5.91 Å². The van der Waals surface area contributed by atoms with Crippen LogP contribution in [0.3, 0.4) is 0 Å². The number of nitrogens with one attached hydrogen (secondary N) is 1. The van der Waals surface area contributed by atoms with Crippen LogP contribution in [0.2, 0.25) is 0 Å². The molecule has 5 rings (SSSR count). The number of amides is 4. The maximum Gasteiger partial charge on any atom is 0.325 e. The Morgan fingerprint density at radius 1 is 1.00 bits per heavy atom. The van der Waals surface area contributed by atoms with Crippen LogP contribution in [-0.2, 0) is 16.1 Å². The molecule has 1 saturated carbocycles. The molecule has 0 aromatic heterocycles. The fourth-order valence-corrected chi connectivity index (χ4v) is 6.71. The van der Waals surface area contributed by atoms with Gasteiger partial charge in [-0.25, -0.2) is 4.79 Å². The highest BCUT2D eigenvalue weighted by atomic mass is 16.2. The van der Waals surface area contributed by atoms with Crippen molar-refractivity contribution in [3.63, 3.8) is 0 Å². The summed E-state index contributed by atoms with van der Waals surface area (Å²) < 4.78 is 0. The second kappa shape index (κ2) is 8.94. The molecule has 35 heavy (non-hydrogen) atoms. The fourth-order valence-electron chi connectivity index (χ4n) is 6.71. The van der Waals surface area contributed by atoms with Crippen LogP contribution in [0.25, 0.3) is 10.8 Å². The average molecular weight is 477 g/mol. The summed E-state index contributed by atoms with van der Waals surface area (Å²) in [4.78, 5) is 44.5. The van der Waals surface area contributed by atoms with Crippen molar-refractivity contribution in [1.82, 2.24) is 20.0 Å². The Hall–Kier alpha value is -2.93. The molecular formula is C28H36N4O3. The molecule has 0 bridgehead atoms. The number of benzene rings is 2. The molecule has 3 fully saturated rings. The smallest absolute Gasteiger partial charge is 0.325 e. The van der Waals surface area contributed by atoms with Gasteiger partial charge in [-0.1, -0.05) is 63.2 Å². The normalized spacial score (nSPS) is 27.0. The quantitative estimate of drug-likeness (QED) is 0.684. The van der Waals surface area contributed by atoms with Crippen molar-refractivity contribution in [2.75, 3.05) is 32.7 Å². The number of piperazine rings is 1. The van der Waals surface area contributed by atoms with E-state index in [-0.39, 0.29) is 23.8 Å². The molecule has 2 saturated heterocycles. The van der Waals surface area contributed by atoms with Gasteiger partial charge in [0.1, 0.15) is 12.1 Å². The number of carbonyl (C=O) groups is 3. The Balaban J connectivity index is 1.19. The molecule has 2 atom stereocenters. The highest BCUT2D eigenvalue weighted by Crippen LogP contribution is 2.46. The second-order valence-electron chi connectivity index (χ2n) is 11.6. The van der Waals surface area contributed by atoms with Gasteiger partial charge in [-0.05, 0) is 46.9 Å². The minimum Gasteiger partial charge on any atom is -0.339 e. The van der Waals surface area contributed by atoms with Gasteiger partial charge in [0, 0.05) is 32.7 Å². The zero-order chi connectivity index (χ0) is 24.8. The number of carbonyl (C=O) groups excluding carboxylic acids is 3. The van der Waals surface area contributed by atoms with Gasteiger partial charge in [-0.3, -0.25) is 19.4 Å². The first-order valence-electron chi connectivity index (χ1n) is 12.8. The SMILES string of the molecule is CC1CC(C)(C)CC2(C1)NC(=O)N(CC(=O)N1CCN(Cc3cccc4ccccc34)CC1)C2=O. The van der Waals surface area contributed by atoms with Crippen molar-refractivity contribution < 1.29 is 14.4 Å². The van der Waals surface area contributed by atoms with E-state index in [2.05, 4.69) is 73.5 Å². The summed E-state index contributed by atoms with van der Waals surface area (Å²) in [5, 5.41) is 5.47. The van der Waals surface area contributed by atoms with Gasteiger partial charge in [-0.15, -0.1) is 0 Å². The van der Waals surface area contributed by atoms with Gasteiger partial charge in [0.25, 0.3) is 5.91 Å². The molecule has 4 amide bonds. The second-order valence-corrected chi connectivity index (χ2v) is 11.6. The van der Waals surface area contributed by atoms with Gasteiger partial charge in [0.05, 0.1) is 0 Å². The van der Waals surface area contributed by atoms with Crippen LogP contribution in [-0.4, -0.2) is 70.8 Å². The predicted octanol–water partition coefficient (Wildman–Crippen LogP) is 3.62. The Labute approximate surface area is 207 Å². The first kappa shape index (κ1) is 23.8. The number of rotatable bonds is 4. The van der Waals surface area contributed by atoms with Crippen LogP contribution in [0.5, 0.6) is 0 Å². The van der Waals surface area contributed by atoms with E-state index in [4.69, 9.17) is 0 Å². The molecule has 2 unspecified atom stereocenters. The Morgan fingerprint density at radius 2 is 1.71 bits per heavy atom. The van der Waals surface area contributed by atoms with Crippen LogP contribution in [0, 0.1) is 11.3 Å². The molecule has 186 valence electrons. The number of hydrogen-bond donors (Lipinski definition) is 1. The molecule has 2 aromatic carbocycles. The molecule has 2 aliphatic heterocycles. The zero-order valence-electron chi connectivity index (χ0n) is 21.0. The number of nitrogens with zero attached hydrogens (tertiary/aromatic N) is 3. The number of urea groups is 1. The topological polar surface area (TPSA) is 73.0 Å². The zero-order valence-corrected chi connectivity index (χ0v) is 21.0. The van der Waals surface area contributed by atoms with E-state index < -0.39 is 11.6 Å². The molecule has 2 heterocycles. The lowest BCUT2D eigenvalue weighted by molar-refractivity contribution is -0.141. The van der Waals surface area contributed by atoms with Crippen molar-refractivity contribution in [3.8, 4) is 0 Å². The van der Waals surface area contributed by atoms with E-state index in [1.54, 1.807) is 4.90 Å². The van der Waals surface area contributed by atoms with E-state index >= 15 is 0 Å². The third kappa shape index (κ3) is 4.66. The maximum atomic E-state index is 13.4.